The second-order valence-electron chi connectivity index (χ2n) is 9.21. The predicted molar refractivity (Wildman–Crippen MR) is 148 cm³/mol. The molecule has 0 bridgehead atoms. The standard InChI is InChI=1S/C26H28N4O8S2/c1-18(2)16-25(29-39(34,35)23-12-4-19(3)5-13-23)26(31)28-27-17-20-6-10-22(11-7-20)38-40(36,37)24-14-8-21(9-15-24)30(32)33/h4-15,17-18,25,29H,16H2,1-3H3,(H,28,31)/b27-17-/t25-/m1/s1. The molecule has 2 N–H and O–H groups in total. The molecule has 1 amide bonds. The van der Waals surface area contributed by atoms with Gasteiger partial charge in [0, 0.05) is 12.1 Å². The van der Waals surface area contributed by atoms with E-state index in [9.17, 15) is 31.7 Å². The normalized spacial score (nSPS) is 12.8. The zero-order valence-electron chi connectivity index (χ0n) is 21.8. The lowest BCUT2D eigenvalue weighted by atomic mass is 10.0. The van der Waals surface area contributed by atoms with Crippen molar-refractivity contribution >= 4 is 38.0 Å². The second-order valence-corrected chi connectivity index (χ2v) is 12.5. The first-order valence-electron chi connectivity index (χ1n) is 12.0. The summed E-state index contributed by atoms with van der Waals surface area (Å²) in [7, 11) is -8.17. The Morgan fingerprint density at radius 3 is 2.08 bits per heavy atom. The second kappa shape index (κ2) is 12.8. The van der Waals surface area contributed by atoms with Crippen LogP contribution in [0.5, 0.6) is 5.75 Å². The van der Waals surface area contributed by atoms with Crippen LogP contribution in [0, 0.1) is 23.0 Å². The van der Waals surface area contributed by atoms with Gasteiger partial charge in [-0.1, -0.05) is 31.5 Å². The van der Waals surface area contributed by atoms with Gasteiger partial charge in [0.25, 0.3) is 11.6 Å². The minimum absolute atomic E-state index is 0.00951. The summed E-state index contributed by atoms with van der Waals surface area (Å²) in [6, 6.07) is 15.2. The third kappa shape index (κ3) is 8.43. The molecule has 3 aromatic carbocycles. The summed E-state index contributed by atoms with van der Waals surface area (Å²) in [4.78, 5) is 22.7. The van der Waals surface area contributed by atoms with Gasteiger partial charge in [-0.05, 0) is 73.4 Å². The molecule has 0 heterocycles. The number of hydrogen-bond acceptors (Lipinski definition) is 9. The SMILES string of the molecule is Cc1ccc(S(=O)(=O)N[C@H](CC(C)C)C(=O)N/N=C\c2ccc(OS(=O)(=O)c3ccc([N+](=O)[O-])cc3)cc2)cc1. The molecule has 0 aromatic heterocycles. The lowest BCUT2D eigenvalue weighted by Crippen LogP contribution is -2.46. The summed E-state index contributed by atoms with van der Waals surface area (Å²) in [6.45, 7) is 5.55. The first kappa shape index (κ1) is 30.4. The zero-order chi connectivity index (χ0) is 29.5. The summed E-state index contributed by atoms with van der Waals surface area (Å²) >= 11 is 0. The van der Waals surface area contributed by atoms with Crippen LogP contribution in [-0.4, -0.2) is 39.9 Å². The van der Waals surface area contributed by atoms with E-state index in [1.807, 2.05) is 20.8 Å². The summed E-state index contributed by atoms with van der Waals surface area (Å²) in [5, 5.41) is 14.6. The van der Waals surface area contributed by atoms with E-state index in [-0.39, 0.29) is 33.6 Å². The molecule has 0 saturated heterocycles. The molecule has 12 nitrogen and oxygen atoms in total. The summed E-state index contributed by atoms with van der Waals surface area (Å²) < 4.78 is 58.0. The highest BCUT2D eigenvalue weighted by Gasteiger charge is 2.26. The highest BCUT2D eigenvalue weighted by Crippen LogP contribution is 2.21. The molecule has 0 aliphatic heterocycles. The number of hydrazone groups is 1. The Balaban J connectivity index is 1.63. The van der Waals surface area contributed by atoms with Crippen molar-refractivity contribution in [3.63, 3.8) is 0 Å². The Morgan fingerprint density at radius 2 is 1.52 bits per heavy atom. The Hall–Kier alpha value is -4.14. The largest absolute Gasteiger partial charge is 0.379 e. The molecule has 0 aliphatic carbocycles. The smallest absolute Gasteiger partial charge is 0.339 e. The molecule has 3 rings (SSSR count). The van der Waals surface area contributed by atoms with Crippen molar-refractivity contribution in [2.75, 3.05) is 0 Å². The van der Waals surface area contributed by atoms with Gasteiger partial charge in [0.15, 0.2) is 0 Å². The number of nitro groups is 1. The molecule has 0 saturated carbocycles. The van der Waals surface area contributed by atoms with E-state index in [0.717, 1.165) is 29.8 Å². The topological polar surface area (TPSA) is 174 Å². The van der Waals surface area contributed by atoms with Crippen LogP contribution < -0.4 is 14.3 Å². The average Bonchev–Trinajstić information content (AvgIpc) is 2.89. The Labute approximate surface area is 232 Å². The van der Waals surface area contributed by atoms with Gasteiger partial charge >= 0.3 is 10.1 Å². The summed E-state index contributed by atoms with van der Waals surface area (Å²) in [5.41, 5.74) is 3.47. The van der Waals surface area contributed by atoms with Crippen LogP contribution >= 0.6 is 0 Å². The number of non-ortho nitro benzene ring substituents is 1. The molecule has 212 valence electrons. The molecule has 0 aliphatic rings. The number of benzene rings is 3. The van der Waals surface area contributed by atoms with Crippen molar-refractivity contribution in [1.29, 1.82) is 0 Å². The number of aryl methyl sites for hydroxylation is 1. The maximum absolute atomic E-state index is 12.8. The van der Waals surface area contributed by atoms with E-state index in [0.29, 0.717) is 5.56 Å². The van der Waals surface area contributed by atoms with Crippen molar-refractivity contribution in [2.24, 2.45) is 11.0 Å². The number of nitrogens with zero attached hydrogens (tertiary/aromatic N) is 2. The minimum Gasteiger partial charge on any atom is -0.379 e. The summed E-state index contributed by atoms with van der Waals surface area (Å²) in [5.74, 6) is -0.646. The first-order valence-corrected chi connectivity index (χ1v) is 14.9. The van der Waals surface area contributed by atoms with Gasteiger partial charge < -0.3 is 4.18 Å². The number of nitrogens with one attached hydrogen (secondary N) is 2. The van der Waals surface area contributed by atoms with Crippen LogP contribution in [0.1, 0.15) is 31.4 Å². The van der Waals surface area contributed by atoms with Crippen LogP contribution in [-0.2, 0) is 24.9 Å². The molecular weight excluding hydrogens is 560 g/mol. The summed E-state index contributed by atoms with van der Waals surface area (Å²) in [6.07, 6.45) is 1.54. The van der Waals surface area contributed by atoms with Crippen LogP contribution in [0.15, 0.2) is 87.7 Å². The Kier molecular flexibility index (Phi) is 9.74. The highest BCUT2D eigenvalue weighted by atomic mass is 32.2. The number of carbonyl (C=O) groups is 1. The van der Waals surface area contributed by atoms with Crippen molar-refractivity contribution in [3.8, 4) is 5.75 Å². The molecule has 3 aromatic rings. The number of rotatable bonds is 12. The van der Waals surface area contributed by atoms with Crippen molar-refractivity contribution in [1.82, 2.24) is 10.1 Å². The van der Waals surface area contributed by atoms with Gasteiger partial charge in [-0.3, -0.25) is 14.9 Å². The maximum atomic E-state index is 12.8. The lowest BCUT2D eigenvalue weighted by Gasteiger charge is -2.19. The average molecular weight is 589 g/mol. The monoisotopic (exact) mass is 588 g/mol. The zero-order valence-corrected chi connectivity index (χ0v) is 23.5. The minimum atomic E-state index is -4.22. The van der Waals surface area contributed by atoms with E-state index >= 15 is 0 Å². The fourth-order valence-electron chi connectivity index (χ4n) is 3.42. The fourth-order valence-corrected chi connectivity index (χ4v) is 5.56. The van der Waals surface area contributed by atoms with Gasteiger partial charge in [-0.25, -0.2) is 13.8 Å². The predicted octanol–water partition coefficient (Wildman–Crippen LogP) is 3.51. The maximum Gasteiger partial charge on any atom is 0.339 e. The van der Waals surface area contributed by atoms with E-state index in [1.165, 1.54) is 42.6 Å². The molecule has 40 heavy (non-hydrogen) atoms. The lowest BCUT2D eigenvalue weighted by molar-refractivity contribution is -0.384. The third-order valence-electron chi connectivity index (χ3n) is 5.46. The van der Waals surface area contributed by atoms with Crippen molar-refractivity contribution in [2.45, 2.75) is 43.0 Å². The molecule has 0 fully saturated rings. The number of hydrogen-bond donors (Lipinski definition) is 2. The van der Waals surface area contributed by atoms with Crippen LogP contribution in [0.2, 0.25) is 0 Å². The quantitative estimate of drug-likeness (QED) is 0.140. The van der Waals surface area contributed by atoms with Gasteiger partial charge in [0.2, 0.25) is 10.0 Å². The van der Waals surface area contributed by atoms with Gasteiger partial charge in [0.1, 0.15) is 16.7 Å². The van der Waals surface area contributed by atoms with Crippen LogP contribution in [0.25, 0.3) is 0 Å². The molecule has 14 heteroatoms. The van der Waals surface area contributed by atoms with E-state index in [1.54, 1.807) is 12.1 Å². The first-order chi connectivity index (χ1) is 18.8. The number of amides is 1. The highest BCUT2D eigenvalue weighted by molar-refractivity contribution is 7.89. The molecule has 0 radical (unpaired) electrons. The van der Waals surface area contributed by atoms with E-state index in [2.05, 4.69) is 15.2 Å². The van der Waals surface area contributed by atoms with Gasteiger partial charge in [-0.15, -0.1) is 0 Å². The van der Waals surface area contributed by atoms with Crippen molar-refractivity contribution < 1.29 is 30.7 Å². The molecule has 0 unspecified atom stereocenters. The van der Waals surface area contributed by atoms with E-state index in [4.69, 9.17) is 4.18 Å². The molecule has 1 atom stereocenters. The van der Waals surface area contributed by atoms with Crippen LogP contribution in [0.3, 0.4) is 0 Å². The van der Waals surface area contributed by atoms with Crippen molar-refractivity contribution in [3.05, 3.63) is 94.0 Å². The van der Waals surface area contributed by atoms with Gasteiger partial charge in [-0.2, -0.15) is 18.2 Å². The Bertz CT molecular complexity index is 1590. The third-order valence-corrected chi connectivity index (χ3v) is 8.21. The number of nitro benzene ring substituents is 1. The van der Waals surface area contributed by atoms with Gasteiger partial charge in [0.05, 0.1) is 16.0 Å². The molecule has 0 spiro atoms. The number of carbonyl (C=O) groups excluding carboxylic acids is 1. The Morgan fingerprint density at radius 1 is 0.950 bits per heavy atom. The van der Waals surface area contributed by atoms with E-state index < -0.39 is 37.0 Å². The molecular formula is C26H28N4O8S2. The fraction of sp³-hybridized carbons (Fsp3) is 0.231. The van der Waals surface area contributed by atoms with Crippen LogP contribution in [0.4, 0.5) is 5.69 Å². The number of sulfonamides is 1.